The van der Waals surface area contributed by atoms with E-state index in [1.54, 1.807) is 6.07 Å². The number of nitrogens with zero attached hydrogens (tertiary/aromatic N) is 5. The number of anilines is 2. The highest BCUT2D eigenvalue weighted by Crippen LogP contribution is 2.27. The summed E-state index contributed by atoms with van der Waals surface area (Å²) in [6, 6.07) is 13.1. The Morgan fingerprint density at radius 1 is 1.18 bits per heavy atom. The smallest absolute Gasteiger partial charge is 0.296 e. The molecule has 144 valence electrons. The number of nitrogens with one attached hydrogen (secondary N) is 1. The van der Waals surface area contributed by atoms with Crippen molar-refractivity contribution >= 4 is 39.8 Å². The normalized spacial score (nSPS) is 16.2. The topological polar surface area (TPSA) is 93.1 Å². The summed E-state index contributed by atoms with van der Waals surface area (Å²) in [5, 5.41) is 19.9. The molecule has 0 spiro atoms. The third-order valence-electron chi connectivity index (χ3n) is 4.21. The lowest BCUT2D eigenvalue weighted by Crippen LogP contribution is -2.25. The first-order chi connectivity index (χ1) is 13.7. The predicted octanol–water partition coefficient (Wildman–Crippen LogP) is 2.82. The summed E-state index contributed by atoms with van der Waals surface area (Å²) in [4.78, 5) is 14.2. The minimum Gasteiger partial charge on any atom is -0.464 e. The molecular formula is C18H17ClN6O2S. The number of ether oxygens (including phenoxy) is 1. The Balaban J connectivity index is 1.29. The quantitative estimate of drug-likeness (QED) is 0.660. The van der Waals surface area contributed by atoms with Gasteiger partial charge in [0.25, 0.3) is 5.19 Å². The van der Waals surface area contributed by atoms with E-state index >= 15 is 0 Å². The monoisotopic (exact) mass is 416 g/mol. The molecule has 10 heteroatoms. The molecule has 0 radical (unpaired) electrons. The van der Waals surface area contributed by atoms with Crippen molar-refractivity contribution in [3.05, 3.63) is 53.2 Å². The minimum absolute atomic E-state index is 0.0294. The van der Waals surface area contributed by atoms with Crippen LogP contribution < -0.4 is 15.0 Å². The molecule has 3 aromatic rings. The zero-order valence-electron chi connectivity index (χ0n) is 14.8. The van der Waals surface area contributed by atoms with Gasteiger partial charge in [-0.05, 0) is 29.0 Å². The number of carbonyl (C=O) groups is 1. The van der Waals surface area contributed by atoms with E-state index in [4.69, 9.17) is 16.3 Å². The van der Waals surface area contributed by atoms with Crippen LogP contribution in [0.1, 0.15) is 12.0 Å². The lowest BCUT2D eigenvalue weighted by molar-refractivity contribution is -0.115. The number of carbonyl (C=O) groups excluding carboxylic acids is 1. The predicted molar refractivity (Wildman–Crippen MR) is 107 cm³/mol. The number of halogens is 1. The average molecular weight is 417 g/mol. The lowest BCUT2D eigenvalue weighted by Gasteiger charge is -2.16. The zero-order chi connectivity index (χ0) is 19.3. The van der Waals surface area contributed by atoms with Crippen LogP contribution >= 0.6 is 22.9 Å². The fourth-order valence-corrected chi connectivity index (χ4v) is 3.68. The van der Waals surface area contributed by atoms with Crippen molar-refractivity contribution in [2.75, 3.05) is 23.3 Å². The van der Waals surface area contributed by atoms with Gasteiger partial charge in [0.1, 0.15) is 6.10 Å². The first-order valence-electron chi connectivity index (χ1n) is 8.74. The van der Waals surface area contributed by atoms with Crippen molar-refractivity contribution in [2.45, 2.75) is 18.9 Å². The summed E-state index contributed by atoms with van der Waals surface area (Å²) in [7, 11) is 0. The van der Waals surface area contributed by atoms with Crippen molar-refractivity contribution < 1.29 is 9.53 Å². The molecule has 1 atom stereocenters. The highest BCUT2D eigenvalue weighted by molar-refractivity contribution is 7.17. The summed E-state index contributed by atoms with van der Waals surface area (Å²) >= 11 is 6.99. The van der Waals surface area contributed by atoms with Gasteiger partial charge in [-0.15, -0.1) is 15.3 Å². The number of hydrogen-bond acceptors (Lipinski definition) is 8. The second kappa shape index (κ2) is 8.49. The number of rotatable bonds is 6. The molecule has 0 aliphatic carbocycles. The van der Waals surface area contributed by atoms with E-state index in [9.17, 15) is 4.79 Å². The maximum atomic E-state index is 12.1. The Hall–Kier alpha value is -2.78. The molecule has 1 aliphatic rings. The van der Waals surface area contributed by atoms with Gasteiger partial charge in [0, 0.05) is 13.0 Å². The summed E-state index contributed by atoms with van der Waals surface area (Å²) in [5.74, 6) is 0.629. The third-order valence-corrected chi connectivity index (χ3v) is 5.15. The zero-order valence-corrected chi connectivity index (χ0v) is 16.4. The molecule has 2 aromatic heterocycles. The molecule has 1 N–H and O–H groups in total. The van der Waals surface area contributed by atoms with Crippen molar-refractivity contribution in [3.8, 4) is 5.19 Å². The Morgan fingerprint density at radius 2 is 2.04 bits per heavy atom. The minimum atomic E-state index is -0.137. The summed E-state index contributed by atoms with van der Waals surface area (Å²) in [5.41, 5.74) is 0.942. The van der Waals surface area contributed by atoms with Crippen LogP contribution in [0.4, 0.5) is 10.9 Å². The van der Waals surface area contributed by atoms with Gasteiger partial charge in [-0.25, -0.2) is 0 Å². The average Bonchev–Trinajstić information content (AvgIpc) is 3.33. The number of amides is 1. The van der Waals surface area contributed by atoms with E-state index in [-0.39, 0.29) is 18.4 Å². The Labute approximate surface area is 170 Å². The molecule has 0 bridgehead atoms. The molecule has 28 heavy (non-hydrogen) atoms. The fourth-order valence-electron chi connectivity index (χ4n) is 2.91. The van der Waals surface area contributed by atoms with E-state index in [1.165, 1.54) is 11.3 Å². The molecule has 1 fully saturated rings. The molecule has 4 rings (SSSR count). The van der Waals surface area contributed by atoms with Crippen molar-refractivity contribution in [1.82, 2.24) is 20.4 Å². The molecule has 8 nitrogen and oxygen atoms in total. The van der Waals surface area contributed by atoms with Gasteiger partial charge >= 0.3 is 0 Å². The highest BCUT2D eigenvalue weighted by atomic mass is 35.5. The summed E-state index contributed by atoms with van der Waals surface area (Å²) in [6.45, 7) is 1.48. The SMILES string of the molecule is O=C(Cc1ccccc1)Nc1nnc(OC2CCN(c3ccc(Cl)nn3)C2)s1. The number of hydrogen-bond donors (Lipinski definition) is 1. The van der Waals surface area contributed by atoms with Gasteiger partial charge < -0.3 is 15.0 Å². The van der Waals surface area contributed by atoms with E-state index < -0.39 is 0 Å². The van der Waals surface area contributed by atoms with Gasteiger partial charge in [-0.1, -0.05) is 47.0 Å². The molecule has 1 amide bonds. The second-order valence-electron chi connectivity index (χ2n) is 6.27. The van der Waals surface area contributed by atoms with Crippen LogP contribution in [0.25, 0.3) is 0 Å². The maximum Gasteiger partial charge on any atom is 0.296 e. The molecule has 0 saturated carbocycles. The molecule has 1 aromatic carbocycles. The van der Waals surface area contributed by atoms with Crippen LogP contribution in [0.5, 0.6) is 5.19 Å². The lowest BCUT2D eigenvalue weighted by atomic mass is 10.1. The maximum absolute atomic E-state index is 12.1. The van der Waals surface area contributed by atoms with Crippen LogP contribution in [-0.4, -0.2) is 45.5 Å². The van der Waals surface area contributed by atoms with E-state index in [0.717, 1.165) is 24.3 Å². The second-order valence-corrected chi connectivity index (χ2v) is 7.60. The van der Waals surface area contributed by atoms with Gasteiger partial charge in [0.2, 0.25) is 11.0 Å². The molecule has 1 aliphatic heterocycles. The van der Waals surface area contributed by atoms with E-state index in [1.807, 2.05) is 36.4 Å². The summed E-state index contributed by atoms with van der Waals surface area (Å²) < 4.78 is 5.91. The first-order valence-corrected chi connectivity index (χ1v) is 9.93. The van der Waals surface area contributed by atoms with E-state index in [0.29, 0.717) is 22.0 Å². The Morgan fingerprint density at radius 3 is 2.82 bits per heavy atom. The molecule has 1 unspecified atom stereocenters. The van der Waals surface area contributed by atoms with Crippen molar-refractivity contribution in [1.29, 1.82) is 0 Å². The van der Waals surface area contributed by atoms with Gasteiger partial charge in [-0.3, -0.25) is 4.79 Å². The summed E-state index contributed by atoms with van der Waals surface area (Å²) in [6.07, 6.45) is 1.09. The van der Waals surface area contributed by atoms with Crippen LogP contribution in [0, 0.1) is 0 Å². The standard InChI is InChI=1S/C18H17ClN6O2S/c19-14-6-7-15(22-21-14)25-9-8-13(11-25)27-18-24-23-17(28-18)20-16(26)10-12-4-2-1-3-5-12/h1-7,13H,8-11H2,(H,20,23,26). The van der Waals surface area contributed by atoms with E-state index in [2.05, 4.69) is 30.6 Å². The van der Waals surface area contributed by atoms with Crippen LogP contribution in [0.3, 0.4) is 0 Å². The molecular weight excluding hydrogens is 400 g/mol. The van der Waals surface area contributed by atoms with Gasteiger partial charge in [0.15, 0.2) is 11.0 Å². The van der Waals surface area contributed by atoms with Gasteiger partial charge in [0.05, 0.1) is 13.0 Å². The molecule has 3 heterocycles. The largest absolute Gasteiger partial charge is 0.464 e. The Kier molecular flexibility index (Phi) is 5.63. The van der Waals surface area contributed by atoms with Crippen LogP contribution in [-0.2, 0) is 11.2 Å². The van der Waals surface area contributed by atoms with Crippen molar-refractivity contribution in [2.24, 2.45) is 0 Å². The Bertz CT molecular complexity index is 937. The van der Waals surface area contributed by atoms with Crippen LogP contribution in [0.15, 0.2) is 42.5 Å². The number of aromatic nitrogens is 4. The first kappa shape index (κ1) is 18.6. The van der Waals surface area contributed by atoms with Gasteiger partial charge in [-0.2, -0.15) is 0 Å². The van der Waals surface area contributed by atoms with Crippen LogP contribution in [0.2, 0.25) is 5.15 Å². The molecule has 1 saturated heterocycles. The fraction of sp³-hybridized carbons (Fsp3) is 0.278. The third kappa shape index (κ3) is 4.73. The van der Waals surface area contributed by atoms with Crippen molar-refractivity contribution in [3.63, 3.8) is 0 Å². The highest BCUT2D eigenvalue weighted by Gasteiger charge is 2.26. The number of benzene rings is 1.